The third kappa shape index (κ3) is 3.17. The van der Waals surface area contributed by atoms with Gasteiger partial charge in [-0.1, -0.05) is 36.0 Å². The summed E-state index contributed by atoms with van der Waals surface area (Å²) in [7, 11) is 0. The number of fused-ring (bicyclic) bond motifs is 1. The van der Waals surface area contributed by atoms with Crippen molar-refractivity contribution in [2.75, 3.05) is 16.1 Å². The Balaban J connectivity index is 1.61. The molecule has 0 atom stereocenters. The smallest absolute Gasteiger partial charge is 0.221 e. The van der Waals surface area contributed by atoms with Gasteiger partial charge >= 0.3 is 0 Å². The Bertz CT molecular complexity index is 951. The largest absolute Gasteiger partial charge is 0.344 e. The van der Waals surface area contributed by atoms with Gasteiger partial charge in [-0.05, 0) is 36.8 Å². The van der Waals surface area contributed by atoms with E-state index in [2.05, 4.69) is 44.0 Å². The maximum Gasteiger partial charge on any atom is 0.221 e. The highest BCUT2D eigenvalue weighted by molar-refractivity contribution is 7.99. The topological polar surface area (TPSA) is 63.1 Å². The standard InChI is InChI=1S/C19H19N5OS/c1-13-5-3-4-6-17(13)18-21-22-19-24(18)11-23(12-26-19)16-9-7-15(8-10-16)20-14(2)25/h3-10H,11-12H2,1-2H3,(H,20,25). The zero-order valence-corrected chi connectivity index (χ0v) is 15.5. The summed E-state index contributed by atoms with van der Waals surface area (Å²) in [6.07, 6.45) is 0. The molecule has 0 saturated heterocycles. The van der Waals surface area contributed by atoms with Crippen LogP contribution in [0.1, 0.15) is 12.5 Å². The number of nitrogens with zero attached hydrogens (tertiary/aromatic N) is 4. The first-order valence-corrected chi connectivity index (χ1v) is 9.35. The third-order valence-corrected chi connectivity index (χ3v) is 5.32. The molecule has 132 valence electrons. The first-order chi connectivity index (χ1) is 12.6. The van der Waals surface area contributed by atoms with Crippen LogP contribution in [0.15, 0.2) is 53.7 Å². The lowest BCUT2D eigenvalue weighted by Gasteiger charge is -2.30. The predicted octanol–water partition coefficient (Wildman–Crippen LogP) is 3.74. The van der Waals surface area contributed by atoms with Crippen LogP contribution >= 0.6 is 11.8 Å². The maximum absolute atomic E-state index is 11.2. The lowest BCUT2D eigenvalue weighted by atomic mass is 10.1. The number of benzene rings is 2. The van der Waals surface area contributed by atoms with E-state index >= 15 is 0 Å². The molecular formula is C19H19N5OS. The number of carbonyl (C=O) groups excluding carboxylic acids is 1. The van der Waals surface area contributed by atoms with E-state index in [9.17, 15) is 4.79 Å². The number of nitrogens with one attached hydrogen (secondary N) is 1. The van der Waals surface area contributed by atoms with Crippen molar-refractivity contribution >= 4 is 29.0 Å². The van der Waals surface area contributed by atoms with Gasteiger partial charge in [-0.25, -0.2) is 0 Å². The number of hydrogen-bond acceptors (Lipinski definition) is 5. The predicted molar refractivity (Wildman–Crippen MR) is 104 cm³/mol. The number of rotatable bonds is 3. The molecule has 4 rings (SSSR count). The molecular weight excluding hydrogens is 346 g/mol. The van der Waals surface area contributed by atoms with Crippen LogP contribution in [0.2, 0.25) is 0 Å². The van der Waals surface area contributed by atoms with Crippen LogP contribution in [0, 0.1) is 6.92 Å². The number of hydrogen-bond donors (Lipinski definition) is 1. The second-order valence-corrected chi connectivity index (χ2v) is 7.14. The summed E-state index contributed by atoms with van der Waals surface area (Å²) in [6.45, 7) is 4.29. The zero-order valence-electron chi connectivity index (χ0n) is 14.6. The van der Waals surface area contributed by atoms with Crippen molar-refractivity contribution in [2.24, 2.45) is 0 Å². The summed E-state index contributed by atoms with van der Waals surface area (Å²) in [4.78, 5) is 13.4. The van der Waals surface area contributed by atoms with Gasteiger partial charge in [-0.3, -0.25) is 9.36 Å². The van der Waals surface area contributed by atoms with Crippen molar-refractivity contribution in [3.63, 3.8) is 0 Å². The Labute approximate surface area is 156 Å². The minimum absolute atomic E-state index is 0.0664. The number of anilines is 2. The van der Waals surface area contributed by atoms with E-state index in [1.165, 1.54) is 12.5 Å². The fourth-order valence-electron chi connectivity index (χ4n) is 3.01. The third-order valence-electron chi connectivity index (χ3n) is 4.32. The Morgan fingerprint density at radius 1 is 1.12 bits per heavy atom. The van der Waals surface area contributed by atoms with E-state index in [0.717, 1.165) is 33.8 Å². The van der Waals surface area contributed by atoms with Crippen molar-refractivity contribution < 1.29 is 4.79 Å². The molecule has 26 heavy (non-hydrogen) atoms. The summed E-state index contributed by atoms with van der Waals surface area (Å²) in [5.41, 5.74) is 4.19. The van der Waals surface area contributed by atoms with E-state index in [1.54, 1.807) is 11.8 Å². The van der Waals surface area contributed by atoms with Gasteiger partial charge < -0.3 is 10.2 Å². The molecule has 1 aliphatic heterocycles. The summed E-state index contributed by atoms with van der Waals surface area (Å²) in [6, 6.07) is 16.1. The van der Waals surface area contributed by atoms with Gasteiger partial charge in [0.05, 0.1) is 12.5 Å². The van der Waals surface area contributed by atoms with E-state index < -0.39 is 0 Å². The highest BCUT2D eigenvalue weighted by Crippen LogP contribution is 2.32. The molecule has 0 saturated carbocycles. The number of carbonyl (C=O) groups is 1. The molecule has 1 N–H and O–H groups in total. The molecule has 1 aliphatic rings. The minimum atomic E-state index is -0.0664. The fourth-order valence-corrected chi connectivity index (χ4v) is 3.91. The quantitative estimate of drug-likeness (QED) is 0.766. The summed E-state index contributed by atoms with van der Waals surface area (Å²) in [5, 5.41) is 12.5. The van der Waals surface area contributed by atoms with Gasteiger partial charge in [0, 0.05) is 23.9 Å². The van der Waals surface area contributed by atoms with Crippen LogP contribution in [-0.2, 0) is 11.5 Å². The molecule has 7 heteroatoms. The molecule has 0 fully saturated rings. The van der Waals surface area contributed by atoms with Gasteiger partial charge in [0.25, 0.3) is 0 Å². The van der Waals surface area contributed by atoms with Crippen LogP contribution in [-0.4, -0.2) is 26.5 Å². The van der Waals surface area contributed by atoms with Crippen molar-refractivity contribution in [2.45, 2.75) is 25.7 Å². The van der Waals surface area contributed by atoms with Crippen LogP contribution in [0.4, 0.5) is 11.4 Å². The van der Waals surface area contributed by atoms with Crippen molar-refractivity contribution in [3.05, 3.63) is 54.1 Å². The Hall–Kier alpha value is -2.80. The Morgan fingerprint density at radius 2 is 1.88 bits per heavy atom. The zero-order chi connectivity index (χ0) is 18.1. The van der Waals surface area contributed by atoms with Gasteiger partial charge in [0.2, 0.25) is 5.91 Å². The molecule has 3 aromatic rings. The van der Waals surface area contributed by atoms with Gasteiger partial charge in [0.15, 0.2) is 11.0 Å². The number of aryl methyl sites for hydroxylation is 1. The summed E-state index contributed by atoms with van der Waals surface area (Å²) < 4.78 is 2.15. The molecule has 0 unspecified atom stereocenters. The molecule has 0 radical (unpaired) electrons. The Kier molecular flexibility index (Phi) is 4.38. The number of thioether (sulfide) groups is 1. The van der Waals surface area contributed by atoms with Gasteiger partial charge in [-0.2, -0.15) is 0 Å². The highest BCUT2D eigenvalue weighted by Gasteiger charge is 2.23. The van der Waals surface area contributed by atoms with E-state index in [-0.39, 0.29) is 5.91 Å². The minimum Gasteiger partial charge on any atom is -0.344 e. The van der Waals surface area contributed by atoms with Crippen molar-refractivity contribution in [1.29, 1.82) is 0 Å². The fraction of sp³-hybridized carbons (Fsp3) is 0.211. The normalized spacial score (nSPS) is 13.4. The van der Waals surface area contributed by atoms with Crippen LogP contribution < -0.4 is 10.2 Å². The number of aromatic nitrogens is 3. The van der Waals surface area contributed by atoms with E-state index in [4.69, 9.17) is 0 Å². The average molecular weight is 365 g/mol. The molecule has 1 aromatic heterocycles. The molecule has 2 heterocycles. The molecule has 2 aromatic carbocycles. The second-order valence-electron chi connectivity index (χ2n) is 6.23. The van der Waals surface area contributed by atoms with E-state index in [1.807, 2.05) is 36.4 Å². The molecule has 6 nitrogen and oxygen atoms in total. The second kappa shape index (κ2) is 6.84. The molecule has 0 aliphatic carbocycles. The van der Waals surface area contributed by atoms with Crippen molar-refractivity contribution in [3.8, 4) is 11.4 Å². The Morgan fingerprint density at radius 3 is 2.62 bits per heavy atom. The van der Waals surface area contributed by atoms with Crippen molar-refractivity contribution in [1.82, 2.24) is 14.8 Å². The monoisotopic (exact) mass is 365 g/mol. The lowest BCUT2D eigenvalue weighted by molar-refractivity contribution is -0.114. The maximum atomic E-state index is 11.2. The summed E-state index contributed by atoms with van der Waals surface area (Å²) in [5.74, 6) is 1.64. The molecule has 0 bridgehead atoms. The van der Waals surface area contributed by atoms with Crippen LogP contribution in [0.25, 0.3) is 11.4 Å². The van der Waals surface area contributed by atoms with Crippen LogP contribution in [0.3, 0.4) is 0 Å². The molecule has 1 amide bonds. The highest BCUT2D eigenvalue weighted by atomic mass is 32.2. The van der Waals surface area contributed by atoms with E-state index in [0.29, 0.717) is 6.67 Å². The first-order valence-electron chi connectivity index (χ1n) is 8.36. The first kappa shape index (κ1) is 16.7. The number of amides is 1. The van der Waals surface area contributed by atoms with Gasteiger partial charge in [-0.15, -0.1) is 10.2 Å². The van der Waals surface area contributed by atoms with Crippen LogP contribution in [0.5, 0.6) is 0 Å². The average Bonchev–Trinajstić information content (AvgIpc) is 3.05. The summed E-state index contributed by atoms with van der Waals surface area (Å²) >= 11 is 1.67. The SMILES string of the molecule is CC(=O)Nc1ccc(N2CSc3nnc(-c4ccccc4C)n3C2)cc1. The van der Waals surface area contributed by atoms with Gasteiger partial charge in [0.1, 0.15) is 0 Å². The lowest BCUT2D eigenvalue weighted by Crippen LogP contribution is -2.30. The molecule has 0 spiro atoms.